The Bertz CT molecular complexity index is 2090. The van der Waals surface area contributed by atoms with Gasteiger partial charge in [-0.25, -0.2) is 0 Å². The Morgan fingerprint density at radius 2 is 1.26 bits per heavy atom. The Balaban J connectivity index is 1.16. The first kappa shape index (κ1) is 51.8. The van der Waals surface area contributed by atoms with Gasteiger partial charge in [-0.1, -0.05) is 226 Å². The van der Waals surface area contributed by atoms with Gasteiger partial charge in [0.1, 0.15) is 0 Å². The number of allylic oxidation sites excluding steroid dienone is 3. The number of aliphatic hydroxyl groups excluding tert-OH is 1. The van der Waals surface area contributed by atoms with E-state index in [4.69, 9.17) is 13.6 Å². The first-order valence-electron chi connectivity index (χ1n) is 24.1. The number of benzene rings is 4. The minimum atomic E-state index is -2.72. The molecule has 4 aromatic carbocycles. The third-order valence-corrected chi connectivity index (χ3v) is 23.4. The molecule has 6 unspecified atom stereocenters. The van der Waals surface area contributed by atoms with Gasteiger partial charge in [-0.2, -0.15) is 0 Å². The maximum Gasteiger partial charge on any atom is 0.261 e. The molecule has 5 rings (SSSR count). The van der Waals surface area contributed by atoms with Gasteiger partial charge in [0.2, 0.25) is 0 Å². The molecule has 1 N–H and O–H groups in total. The monoisotopic (exact) mass is 909 g/mol. The van der Waals surface area contributed by atoms with Crippen molar-refractivity contribution >= 4 is 37.4 Å². The zero-order valence-electron chi connectivity index (χ0n) is 41.4. The predicted molar refractivity (Wildman–Crippen MR) is 283 cm³/mol. The number of hydrogen-bond donors (Lipinski definition) is 1. The second-order valence-corrected chi connectivity index (χ2v) is 29.3. The van der Waals surface area contributed by atoms with Crippen LogP contribution in [0.4, 0.5) is 0 Å². The zero-order chi connectivity index (χ0) is 47.3. The van der Waals surface area contributed by atoms with Crippen LogP contribution in [0.3, 0.4) is 0 Å². The van der Waals surface area contributed by atoms with E-state index in [2.05, 4.69) is 222 Å². The second-order valence-electron chi connectivity index (χ2n) is 20.7. The zero-order valence-corrected chi connectivity index (χ0v) is 43.4. The van der Waals surface area contributed by atoms with Crippen molar-refractivity contribution < 1.29 is 18.7 Å². The SMILES string of the molecule is C=C(CC(O)/C=C/C1CC(=C)C(CCC(C/C=C/C)O[Si](c2ccccc2)(c2ccccc2)C(C)(C)C)O1)/C(C)=C/C(C)CC(C)CO[Si](c1ccccc1)(c1ccccc1)C(C)(C)C. The average molecular weight is 909 g/mol. The molecule has 0 bridgehead atoms. The lowest BCUT2D eigenvalue weighted by atomic mass is 9.93. The van der Waals surface area contributed by atoms with Gasteiger partial charge >= 0.3 is 0 Å². The number of aliphatic hydroxyl groups is 1. The summed E-state index contributed by atoms with van der Waals surface area (Å²) in [6, 6.07) is 43.5. The molecule has 1 heterocycles. The quantitative estimate of drug-likeness (QED) is 0.0485. The molecule has 1 aliphatic rings. The van der Waals surface area contributed by atoms with E-state index in [0.717, 1.165) is 48.8 Å². The summed E-state index contributed by atoms with van der Waals surface area (Å²) in [7, 11) is -5.31. The Kier molecular flexibility index (Phi) is 18.8. The van der Waals surface area contributed by atoms with E-state index in [0.29, 0.717) is 24.9 Å². The highest BCUT2D eigenvalue weighted by Crippen LogP contribution is 2.40. The molecular weight excluding hydrogens is 829 g/mol. The molecule has 0 saturated carbocycles. The third kappa shape index (κ3) is 13.3. The van der Waals surface area contributed by atoms with E-state index >= 15 is 0 Å². The van der Waals surface area contributed by atoms with E-state index in [1.807, 2.05) is 12.2 Å². The van der Waals surface area contributed by atoms with Crippen LogP contribution in [-0.4, -0.2) is 52.8 Å². The molecule has 348 valence electrons. The van der Waals surface area contributed by atoms with Crippen molar-refractivity contribution in [2.45, 2.75) is 142 Å². The summed E-state index contributed by atoms with van der Waals surface area (Å²) in [5.74, 6) is 0.690. The van der Waals surface area contributed by atoms with Crippen molar-refractivity contribution in [2.75, 3.05) is 6.61 Å². The van der Waals surface area contributed by atoms with Crippen molar-refractivity contribution in [3.63, 3.8) is 0 Å². The van der Waals surface area contributed by atoms with Gasteiger partial charge in [-0.3, -0.25) is 0 Å². The average Bonchev–Trinajstić information content (AvgIpc) is 3.64. The fourth-order valence-electron chi connectivity index (χ4n) is 10.00. The summed E-state index contributed by atoms with van der Waals surface area (Å²) in [5, 5.41) is 16.2. The molecular formula is C59H80O4Si2. The minimum Gasteiger partial charge on any atom is -0.407 e. The van der Waals surface area contributed by atoms with E-state index in [1.54, 1.807) is 0 Å². The first-order valence-corrected chi connectivity index (χ1v) is 27.9. The summed E-state index contributed by atoms with van der Waals surface area (Å²) >= 11 is 0. The van der Waals surface area contributed by atoms with E-state index in [9.17, 15) is 5.11 Å². The van der Waals surface area contributed by atoms with Gasteiger partial charge in [0, 0.05) is 25.6 Å². The topological polar surface area (TPSA) is 47.9 Å². The third-order valence-electron chi connectivity index (χ3n) is 13.3. The smallest absolute Gasteiger partial charge is 0.261 e. The molecule has 4 aromatic rings. The number of ether oxygens (including phenoxy) is 1. The lowest BCUT2D eigenvalue weighted by Crippen LogP contribution is -2.67. The molecule has 1 saturated heterocycles. The highest BCUT2D eigenvalue weighted by Gasteiger charge is 2.52. The Labute approximate surface area is 396 Å². The van der Waals surface area contributed by atoms with Crippen molar-refractivity contribution in [3.8, 4) is 0 Å². The Morgan fingerprint density at radius 1 is 0.785 bits per heavy atom. The van der Waals surface area contributed by atoms with E-state index in [-0.39, 0.29) is 28.4 Å². The van der Waals surface area contributed by atoms with Crippen molar-refractivity contribution in [1.82, 2.24) is 0 Å². The molecule has 6 heteroatoms. The van der Waals surface area contributed by atoms with Crippen molar-refractivity contribution in [3.05, 3.63) is 182 Å². The molecule has 0 aliphatic carbocycles. The fourth-order valence-corrected chi connectivity index (χ4v) is 19.4. The highest BCUT2D eigenvalue weighted by molar-refractivity contribution is 7.00. The minimum absolute atomic E-state index is 0.0146. The van der Waals surface area contributed by atoms with Gasteiger partial charge in [0.05, 0.1) is 18.3 Å². The molecule has 4 nitrogen and oxygen atoms in total. The fraction of sp³-hybridized carbons (Fsp3) is 0.424. The van der Waals surface area contributed by atoms with Crippen LogP contribution in [0.2, 0.25) is 10.1 Å². The Morgan fingerprint density at radius 3 is 1.72 bits per heavy atom. The first-order chi connectivity index (χ1) is 30.9. The molecule has 0 amide bonds. The molecule has 0 aromatic heterocycles. The van der Waals surface area contributed by atoms with Gasteiger partial charge in [-0.15, -0.1) is 0 Å². The molecule has 1 aliphatic heterocycles. The van der Waals surface area contributed by atoms with E-state index in [1.165, 1.54) is 20.7 Å². The largest absolute Gasteiger partial charge is 0.407 e. The maximum atomic E-state index is 11.2. The van der Waals surface area contributed by atoms with Crippen LogP contribution in [0.5, 0.6) is 0 Å². The molecule has 0 radical (unpaired) electrons. The molecule has 0 spiro atoms. The van der Waals surface area contributed by atoms with Crippen molar-refractivity contribution in [1.29, 1.82) is 0 Å². The lowest BCUT2D eigenvalue weighted by Gasteiger charge is -2.45. The summed E-state index contributed by atoms with van der Waals surface area (Å²) in [6.45, 7) is 32.3. The number of rotatable bonds is 22. The summed E-state index contributed by atoms with van der Waals surface area (Å²) < 4.78 is 21.4. The highest BCUT2D eigenvalue weighted by atomic mass is 28.4. The summed E-state index contributed by atoms with van der Waals surface area (Å²) in [6.07, 6.45) is 14.5. The summed E-state index contributed by atoms with van der Waals surface area (Å²) in [5.41, 5.74) is 3.18. The Hall–Kier alpha value is -4.15. The molecule has 6 atom stereocenters. The summed E-state index contributed by atoms with van der Waals surface area (Å²) in [4.78, 5) is 0. The lowest BCUT2D eigenvalue weighted by molar-refractivity contribution is 0.0628. The van der Waals surface area contributed by atoms with Crippen LogP contribution in [-0.2, 0) is 13.6 Å². The molecule has 1 fully saturated rings. The van der Waals surface area contributed by atoms with Crippen LogP contribution < -0.4 is 20.7 Å². The van der Waals surface area contributed by atoms with E-state index < -0.39 is 22.7 Å². The molecule has 65 heavy (non-hydrogen) atoms. The van der Waals surface area contributed by atoms with Crippen LogP contribution in [0.15, 0.2) is 182 Å². The predicted octanol–water partition coefficient (Wildman–Crippen LogP) is 12.4. The normalized spacial score (nSPS) is 18.6. The second kappa shape index (κ2) is 23.5. The van der Waals surface area contributed by atoms with Gasteiger partial charge in [0.15, 0.2) is 0 Å². The number of hydrogen-bond acceptors (Lipinski definition) is 4. The van der Waals surface area contributed by atoms with Gasteiger partial charge in [-0.05, 0) is 93.3 Å². The van der Waals surface area contributed by atoms with Crippen LogP contribution in [0, 0.1) is 11.8 Å². The standard InChI is InChI=1S/C59H80O4Si2/c1-13-14-27-51(63-65(59(10,11)12,55-32-23-17-24-33-55)56-34-25-18-26-35-56)38-39-57-49(6)43-52(62-57)37-36-50(60)42-48(5)47(4)41-45(2)40-46(3)44-61-64(58(7,8)9,53-28-19-15-20-29-53)54-30-21-16-22-31-54/h13-26,28-37,41,45-46,50-52,57,60H,5-6,27,38-40,42-44H2,1-4,7-12H3/b14-13+,37-36+,47-41+. The van der Waals surface area contributed by atoms with Gasteiger partial charge < -0.3 is 18.7 Å². The van der Waals surface area contributed by atoms with Crippen LogP contribution >= 0.6 is 0 Å². The van der Waals surface area contributed by atoms with Crippen LogP contribution in [0.1, 0.15) is 108 Å². The maximum absolute atomic E-state index is 11.2. The van der Waals surface area contributed by atoms with Crippen molar-refractivity contribution in [2.24, 2.45) is 11.8 Å². The van der Waals surface area contributed by atoms with Gasteiger partial charge in [0.25, 0.3) is 16.6 Å². The van der Waals surface area contributed by atoms with Crippen LogP contribution in [0.25, 0.3) is 0 Å².